The van der Waals surface area contributed by atoms with Crippen LogP contribution in [0.2, 0.25) is 0 Å². The van der Waals surface area contributed by atoms with Gasteiger partial charge in [-0.15, -0.1) is 6.42 Å². The quantitative estimate of drug-likeness (QED) is 0.563. The Hall–Kier alpha value is -2.52. The molecule has 0 amide bonds. The Kier molecular flexibility index (Phi) is 9.12. The van der Waals surface area contributed by atoms with Crippen LogP contribution in [-0.4, -0.2) is 36.2 Å². The number of terminal acetylenes is 1. The van der Waals surface area contributed by atoms with Crippen molar-refractivity contribution in [1.82, 2.24) is 0 Å². The van der Waals surface area contributed by atoms with Crippen LogP contribution in [0.1, 0.15) is 23.6 Å². The lowest BCUT2D eigenvalue weighted by atomic mass is 10.0. The van der Waals surface area contributed by atoms with Crippen LogP contribution in [0, 0.1) is 33.1 Å². The summed E-state index contributed by atoms with van der Waals surface area (Å²) in [6.45, 7) is 7.56. The van der Waals surface area contributed by atoms with E-state index in [0.29, 0.717) is 0 Å². The molecule has 1 atom stereocenters. The Morgan fingerprint density at radius 1 is 1.39 bits per heavy atom. The van der Waals surface area contributed by atoms with E-state index >= 15 is 0 Å². The largest absolute Gasteiger partial charge is 0.480 e. The van der Waals surface area contributed by atoms with Crippen molar-refractivity contribution in [2.75, 3.05) is 18.5 Å². The fraction of sp³-hybridized carbons (Fsp3) is 0.412. The smallest absolute Gasteiger partial charge is 0.325 e. The molecular weight excluding hydrogens is 296 g/mol. The van der Waals surface area contributed by atoms with Gasteiger partial charge in [-0.3, -0.25) is 9.59 Å². The number of hydrogen-bond acceptors (Lipinski definition) is 5. The lowest BCUT2D eigenvalue weighted by molar-refractivity contribution is -0.140. The van der Waals surface area contributed by atoms with E-state index in [1.807, 2.05) is 26.8 Å². The molecule has 0 aliphatic rings. The molecule has 4 N–H and O–H groups in total. The van der Waals surface area contributed by atoms with Gasteiger partial charge in [0.25, 0.3) is 0 Å². The molecule has 0 saturated heterocycles. The van der Waals surface area contributed by atoms with Gasteiger partial charge in [-0.05, 0) is 50.5 Å². The zero-order valence-electron chi connectivity index (χ0n) is 14.0. The molecular formula is C17H24N2O4. The maximum absolute atomic E-state index is 10.7. The first-order valence-corrected chi connectivity index (χ1v) is 7.09. The van der Waals surface area contributed by atoms with Crippen LogP contribution < -0.4 is 11.1 Å². The number of aryl methyl sites for hydroxylation is 2. The Morgan fingerprint density at radius 3 is 2.48 bits per heavy atom. The molecule has 6 heteroatoms. The molecule has 0 saturated carbocycles. The topological polar surface area (TPSA) is 102 Å². The van der Waals surface area contributed by atoms with Gasteiger partial charge in [0, 0.05) is 5.69 Å². The van der Waals surface area contributed by atoms with E-state index in [1.54, 1.807) is 6.92 Å². The predicted octanol–water partition coefficient (Wildman–Crippen LogP) is 1.62. The molecule has 1 rings (SSSR count). The third kappa shape index (κ3) is 7.88. The van der Waals surface area contributed by atoms with E-state index in [2.05, 4.69) is 22.0 Å². The van der Waals surface area contributed by atoms with Crippen molar-refractivity contribution in [2.24, 2.45) is 5.73 Å². The standard InChI is InChI=1S/C12H17NO2.C5H7NO2/c1-7-5-8(2)9(3)11(6-7)13-10(4)12(14)15;1-2-3-8-5(7)4-6/h5-6,10,13H,1-4H3,(H,14,15);1H,3-4,6H2/t10-;/m0./s1. The molecule has 0 radical (unpaired) electrons. The third-order valence-electron chi connectivity index (χ3n) is 3.04. The third-order valence-corrected chi connectivity index (χ3v) is 3.04. The lowest BCUT2D eigenvalue weighted by Crippen LogP contribution is -2.25. The van der Waals surface area contributed by atoms with Gasteiger partial charge in [0.2, 0.25) is 0 Å². The molecule has 0 bridgehead atoms. The SMILES string of the molecule is C#CCOC(=O)CN.Cc1cc(C)c(C)c(N[C@@H](C)C(=O)O)c1. The number of rotatable bonds is 5. The first-order valence-electron chi connectivity index (χ1n) is 7.09. The van der Waals surface area contributed by atoms with Crippen molar-refractivity contribution >= 4 is 17.6 Å². The average molecular weight is 320 g/mol. The normalized spacial score (nSPS) is 10.6. The van der Waals surface area contributed by atoms with Crippen molar-refractivity contribution in [3.63, 3.8) is 0 Å². The van der Waals surface area contributed by atoms with E-state index in [-0.39, 0.29) is 13.2 Å². The maximum atomic E-state index is 10.7. The summed E-state index contributed by atoms with van der Waals surface area (Å²) in [7, 11) is 0. The van der Waals surface area contributed by atoms with Gasteiger partial charge in [-0.2, -0.15) is 0 Å². The van der Waals surface area contributed by atoms with E-state index in [0.717, 1.165) is 16.8 Å². The van der Waals surface area contributed by atoms with Crippen molar-refractivity contribution < 1.29 is 19.4 Å². The number of esters is 1. The van der Waals surface area contributed by atoms with Gasteiger partial charge < -0.3 is 20.9 Å². The molecule has 1 aromatic carbocycles. The second-order valence-electron chi connectivity index (χ2n) is 5.03. The van der Waals surface area contributed by atoms with E-state index in [1.165, 1.54) is 5.56 Å². The minimum atomic E-state index is -0.839. The molecule has 126 valence electrons. The molecule has 0 aliphatic carbocycles. The summed E-state index contributed by atoms with van der Waals surface area (Å²) in [6, 6.07) is 3.50. The summed E-state index contributed by atoms with van der Waals surface area (Å²) >= 11 is 0. The second-order valence-corrected chi connectivity index (χ2v) is 5.03. The Labute approximate surface area is 137 Å². The van der Waals surface area contributed by atoms with Crippen LogP contribution in [0.15, 0.2) is 12.1 Å². The van der Waals surface area contributed by atoms with Gasteiger partial charge in [0.15, 0.2) is 6.61 Å². The van der Waals surface area contributed by atoms with E-state index in [4.69, 9.17) is 17.3 Å². The van der Waals surface area contributed by atoms with Gasteiger partial charge >= 0.3 is 11.9 Å². The number of hydrogen-bond donors (Lipinski definition) is 3. The lowest BCUT2D eigenvalue weighted by Gasteiger charge is -2.15. The Morgan fingerprint density at radius 2 is 2.00 bits per heavy atom. The van der Waals surface area contributed by atoms with Crippen LogP contribution in [0.5, 0.6) is 0 Å². The van der Waals surface area contributed by atoms with Crippen molar-refractivity contribution in [3.05, 3.63) is 28.8 Å². The molecule has 0 spiro atoms. The Balaban J connectivity index is 0.000000515. The van der Waals surface area contributed by atoms with Crippen LogP contribution in [-0.2, 0) is 14.3 Å². The highest BCUT2D eigenvalue weighted by molar-refractivity contribution is 5.77. The molecule has 23 heavy (non-hydrogen) atoms. The van der Waals surface area contributed by atoms with Crippen LogP contribution in [0.4, 0.5) is 5.69 Å². The van der Waals surface area contributed by atoms with Gasteiger partial charge in [0.05, 0.1) is 6.54 Å². The maximum Gasteiger partial charge on any atom is 0.325 e. The summed E-state index contributed by atoms with van der Waals surface area (Å²) in [5.41, 5.74) is 9.19. The number of aliphatic carboxylic acids is 1. The zero-order valence-corrected chi connectivity index (χ0v) is 14.0. The number of carboxylic acid groups (broad SMARTS) is 1. The first kappa shape index (κ1) is 20.5. The van der Waals surface area contributed by atoms with Crippen molar-refractivity contribution in [1.29, 1.82) is 0 Å². The number of carboxylic acids is 1. The highest BCUT2D eigenvalue weighted by atomic mass is 16.5. The van der Waals surface area contributed by atoms with Gasteiger partial charge in [0.1, 0.15) is 6.04 Å². The van der Waals surface area contributed by atoms with Crippen molar-refractivity contribution in [2.45, 2.75) is 33.7 Å². The molecule has 0 aliphatic heterocycles. The molecule has 0 aromatic heterocycles. The minimum absolute atomic E-state index is 0.00995. The highest BCUT2D eigenvalue weighted by Crippen LogP contribution is 2.21. The van der Waals surface area contributed by atoms with Crippen LogP contribution >= 0.6 is 0 Å². The number of carbonyl (C=O) groups excluding carboxylic acids is 1. The molecule has 1 aromatic rings. The van der Waals surface area contributed by atoms with Crippen molar-refractivity contribution in [3.8, 4) is 12.3 Å². The fourth-order valence-electron chi connectivity index (χ4n) is 1.67. The predicted molar refractivity (Wildman–Crippen MR) is 90.2 cm³/mol. The number of benzene rings is 1. The number of carbonyl (C=O) groups is 2. The molecule has 0 heterocycles. The molecule has 6 nitrogen and oxygen atoms in total. The summed E-state index contributed by atoms with van der Waals surface area (Å²) in [5.74, 6) is 0.826. The number of nitrogens with two attached hydrogens (primary N) is 1. The number of anilines is 1. The average Bonchev–Trinajstić information content (AvgIpc) is 2.50. The highest BCUT2D eigenvalue weighted by Gasteiger charge is 2.12. The van der Waals surface area contributed by atoms with E-state index in [9.17, 15) is 9.59 Å². The number of nitrogens with one attached hydrogen (secondary N) is 1. The summed E-state index contributed by atoms with van der Waals surface area (Å²) < 4.78 is 4.34. The molecule has 0 fully saturated rings. The summed E-state index contributed by atoms with van der Waals surface area (Å²) in [4.78, 5) is 20.9. The minimum Gasteiger partial charge on any atom is -0.480 e. The van der Waals surface area contributed by atoms with Gasteiger partial charge in [-0.25, -0.2) is 0 Å². The van der Waals surface area contributed by atoms with Gasteiger partial charge in [-0.1, -0.05) is 12.0 Å². The van der Waals surface area contributed by atoms with E-state index < -0.39 is 18.0 Å². The first-order chi connectivity index (χ1) is 10.7. The van der Waals surface area contributed by atoms with Crippen LogP contribution in [0.25, 0.3) is 0 Å². The number of ether oxygens (including phenoxy) is 1. The monoisotopic (exact) mass is 320 g/mol. The fourth-order valence-corrected chi connectivity index (χ4v) is 1.67. The molecule has 0 unspecified atom stereocenters. The Bertz CT molecular complexity index is 591. The zero-order chi connectivity index (χ0) is 18.0. The summed E-state index contributed by atoms with van der Waals surface area (Å²) in [6.07, 6.45) is 4.76. The summed E-state index contributed by atoms with van der Waals surface area (Å²) in [5, 5.41) is 11.8. The van der Waals surface area contributed by atoms with Crippen LogP contribution in [0.3, 0.4) is 0 Å². The second kappa shape index (κ2) is 10.2.